The molecule has 0 bridgehead atoms. The molecule has 1 amide bonds. The van der Waals surface area contributed by atoms with Crippen LogP contribution in [0.4, 0.5) is 0 Å². The Bertz CT molecular complexity index is 918. The van der Waals surface area contributed by atoms with Gasteiger partial charge in [-0.3, -0.25) is 4.79 Å². The molecule has 0 aliphatic rings. The van der Waals surface area contributed by atoms with Gasteiger partial charge in [-0.2, -0.15) is 0 Å². The number of halogens is 1. The molecular weight excluding hydrogens is 366 g/mol. The van der Waals surface area contributed by atoms with E-state index in [-0.39, 0.29) is 18.3 Å². The zero-order valence-electron chi connectivity index (χ0n) is 15.1. The lowest BCUT2D eigenvalue weighted by molar-refractivity contribution is 0.0919. The van der Waals surface area contributed by atoms with E-state index in [0.717, 1.165) is 16.9 Å². The summed E-state index contributed by atoms with van der Waals surface area (Å²) in [6.07, 6.45) is 0. The molecule has 2 aromatic carbocycles. The van der Waals surface area contributed by atoms with E-state index in [1.807, 2.05) is 37.3 Å². The molecule has 0 radical (unpaired) electrons. The zero-order chi connectivity index (χ0) is 19.2. The standard InChI is InChI=1S/C21H20ClNO4/c1-14-11-17(7-9-19(14)22)26-13-18-8-10-20(27-18)21(24)23-12-15-3-5-16(25-2)6-4-15/h3-11H,12-13H2,1-2H3,(H,23,24). The van der Waals surface area contributed by atoms with E-state index >= 15 is 0 Å². The third-order valence-electron chi connectivity index (χ3n) is 4.01. The molecule has 6 heteroatoms. The molecule has 0 fully saturated rings. The van der Waals surface area contributed by atoms with Gasteiger partial charge in [-0.1, -0.05) is 23.7 Å². The summed E-state index contributed by atoms with van der Waals surface area (Å²) in [4.78, 5) is 12.2. The van der Waals surface area contributed by atoms with Crippen molar-refractivity contribution < 1.29 is 18.7 Å². The van der Waals surface area contributed by atoms with Crippen molar-refractivity contribution in [3.05, 3.63) is 82.3 Å². The van der Waals surface area contributed by atoms with E-state index in [4.69, 9.17) is 25.5 Å². The van der Waals surface area contributed by atoms with Gasteiger partial charge in [0, 0.05) is 11.6 Å². The number of rotatable bonds is 7. The maximum absolute atomic E-state index is 12.2. The number of ether oxygens (including phenoxy) is 2. The van der Waals surface area contributed by atoms with Gasteiger partial charge in [0.2, 0.25) is 0 Å². The van der Waals surface area contributed by atoms with Gasteiger partial charge in [0.1, 0.15) is 23.9 Å². The summed E-state index contributed by atoms with van der Waals surface area (Å²) in [6, 6.07) is 16.3. The molecular formula is C21H20ClNO4. The molecule has 0 unspecified atom stereocenters. The monoisotopic (exact) mass is 385 g/mol. The number of amides is 1. The number of aryl methyl sites for hydroxylation is 1. The number of hydrogen-bond donors (Lipinski definition) is 1. The Labute approximate surface area is 162 Å². The number of carbonyl (C=O) groups is 1. The average Bonchev–Trinajstić information content (AvgIpc) is 3.16. The lowest BCUT2D eigenvalue weighted by Crippen LogP contribution is -2.22. The maximum atomic E-state index is 12.2. The smallest absolute Gasteiger partial charge is 0.287 e. The number of carbonyl (C=O) groups excluding carboxylic acids is 1. The van der Waals surface area contributed by atoms with Gasteiger partial charge in [0.25, 0.3) is 5.91 Å². The number of methoxy groups -OCH3 is 1. The van der Waals surface area contributed by atoms with Crippen molar-refractivity contribution in [3.8, 4) is 11.5 Å². The van der Waals surface area contributed by atoms with Crippen LogP contribution in [-0.2, 0) is 13.2 Å². The quantitative estimate of drug-likeness (QED) is 0.637. The number of benzene rings is 2. The summed E-state index contributed by atoms with van der Waals surface area (Å²) in [7, 11) is 1.61. The number of nitrogens with one attached hydrogen (secondary N) is 1. The zero-order valence-corrected chi connectivity index (χ0v) is 15.9. The van der Waals surface area contributed by atoms with Crippen molar-refractivity contribution in [1.82, 2.24) is 5.32 Å². The molecule has 0 spiro atoms. The second-order valence-electron chi connectivity index (χ2n) is 6.00. The molecule has 0 aliphatic carbocycles. The fraction of sp³-hybridized carbons (Fsp3) is 0.190. The Hall–Kier alpha value is -2.92. The summed E-state index contributed by atoms with van der Waals surface area (Å²) < 4.78 is 16.4. The van der Waals surface area contributed by atoms with E-state index in [9.17, 15) is 4.79 Å². The van der Waals surface area contributed by atoms with Crippen LogP contribution in [-0.4, -0.2) is 13.0 Å². The van der Waals surface area contributed by atoms with Gasteiger partial charge in [0.05, 0.1) is 7.11 Å². The van der Waals surface area contributed by atoms with Crippen LogP contribution in [0.15, 0.2) is 59.0 Å². The van der Waals surface area contributed by atoms with Gasteiger partial charge in [-0.25, -0.2) is 0 Å². The molecule has 1 aromatic heterocycles. The normalized spacial score (nSPS) is 10.5. The third-order valence-corrected chi connectivity index (χ3v) is 4.43. The highest BCUT2D eigenvalue weighted by Crippen LogP contribution is 2.22. The number of furan rings is 1. The molecule has 0 saturated carbocycles. The van der Waals surface area contributed by atoms with Crippen molar-refractivity contribution in [2.75, 3.05) is 7.11 Å². The largest absolute Gasteiger partial charge is 0.497 e. The summed E-state index contributed by atoms with van der Waals surface area (Å²) in [5.41, 5.74) is 1.91. The SMILES string of the molecule is COc1ccc(CNC(=O)c2ccc(COc3ccc(Cl)c(C)c3)o2)cc1. The van der Waals surface area contributed by atoms with Crippen molar-refractivity contribution in [2.24, 2.45) is 0 Å². The average molecular weight is 386 g/mol. The van der Waals surface area contributed by atoms with Gasteiger partial charge in [0.15, 0.2) is 5.76 Å². The molecule has 3 rings (SSSR count). The Morgan fingerprint density at radius 1 is 1.07 bits per heavy atom. The molecule has 1 N–H and O–H groups in total. The molecule has 140 valence electrons. The van der Waals surface area contributed by atoms with Crippen LogP contribution in [0.25, 0.3) is 0 Å². The predicted molar refractivity (Wildman–Crippen MR) is 103 cm³/mol. The first-order valence-electron chi connectivity index (χ1n) is 8.44. The van der Waals surface area contributed by atoms with E-state index in [1.165, 1.54) is 0 Å². The number of hydrogen-bond acceptors (Lipinski definition) is 4. The summed E-state index contributed by atoms with van der Waals surface area (Å²) in [5.74, 6) is 2.00. The van der Waals surface area contributed by atoms with Crippen molar-refractivity contribution in [2.45, 2.75) is 20.1 Å². The lowest BCUT2D eigenvalue weighted by Gasteiger charge is -2.06. The second-order valence-corrected chi connectivity index (χ2v) is 6.40. The van der Waals surface area contributed by atoms with Crippen LogP contribution < -0.4 is 14.8 Å². The van der Waals surface area contributed by atoms with E-state index in [2.05, 4.69) is 5.32 Å². The molecule has 1 heterocycles. The fourth-order valence-corrected chi connectivity index (χ4v) is 2.57. The van der Waals surface area contributed by atoms with Gasteiger partial charge < -0.3 is 19.2 Å². The summed E-state index contributed by atoms with van der Waals surface area (Å²) in [6.45, 7) is 2.54. The third kappa shape index (κ3) is 5.05. The van der Waals surface area contributed by atoms with Crippen LogP contribution in [0.2, 0.25) is 5.02 Å². The minimum Gasteiger partial charge on any atom is -0.497 e. The van der Waals surface area contributed by atoms with E-state index < -0.39 is 0 Å². The topological polar surface area (TPSA) is 60.7 Å². The highest BCUT2D eigenvalue weighted by Gasteiger charge is 2.11. The summed E-state index contributed by atoms with van der Waals surface area (Å²) in [5, 5.41) is 3.52. The molecule has 0 aliphatic heterocycles. The Balaban J connectivity index is 1.52. The highest BCUT2D eigenvalue weighted by atomic mass is 35.5. The van der Waals surface area contributed by atoms with Crippen LogP contribution in [0.1, 0.15) is 27.4 Å². The lowest BCUT2D eigenvalue weighted by atomic mass is 10.2. The predicted octanol–water partition coefficient (Wildman–Crippen LogP) is 4.76. The van der Waals surface area contributed by atoms with Crippen LogP contribution >= 0.6 is 11.6 Å². The minimum absolute atomic E-state index is 0.229. The van der Waals surface area contributed by atoms with Gasteiger partial charge >= 0.3 is 0 Å². The van der Waals surface area contributed by atoms with Crippen molar-refractivity contribution in [3.63, 3.8) is 0 Å². The fourth-order valence-electron chi connectivity index (χ4n) is 2.45. The highest BCUT2D eigenvalue weighted by molar-refractivity contribution is 6.31. The molecule has 0 saturated heterocycles. The Kier molecular flexibility index (Phi) is 6.04. The van der Waals surface area contributed by atoms with Crippen molar-refractivity contribution >= 4 is 17.5 Å². The first kappa shape index (κ1) is 18.9. The first-order chi connectivity index (χ1) is 13.0. The first-order valence-corrected chi connectivity index (χ1v) is 8.82. The molecule has 3 aromatic rings. The van der Waals surface area contributed by atoms with Crippen LogP contribution in [0.5, 0.6) is 11.5 Å². The van der Waals surface area contributed by atoms with E-state index in [0.29, 0.717) is 23.1 Å². The summed E-state index contributed by atoms with van der Waals surface area (Å²) >= 11 is 6.00. The minimum atomic E-state index is -0.278. The maximum Gasteiger partial charge on any atom is 0.287 e. The van der Waals surface area contributed by atoms with Crippen LogP contribution in [0, 0.1) is 6.92 Å². The van der Waals surface area contributed by atoms with Gasteiger partial charge in [-0.15, -0.1) is 0 Å². The molecule has 27 heavy (non-hydrogen) atoms. The van der Waals surface area contributed by atoms with Crippen LogP contribution in [0.3, 0.4) is 0 Å². The van der Waals surface area contributed by atoms with Gasteiger partial charge in [-0.05, 0) is 60.5 Å². The van der Waals surface area contributed by atoms with E-state index in [1.54, 1.807) is 31.4 Å². The molecule has 0 atom stereocenters. The second kappa shape index (κ2) is 8.64. The Morgan fingerprint density at radius 3 is 2.52 bits per heavy atom. The Morgan fingerprint density at radius 2 is 1.81 bits per heavy atom. The van der Waals surface area contributed by atoms with Crippen molar-refractivity contribution in [1.29, 1.82) is 0 Å². The molecule has 5 nitrogen and oxygen atoms in total.